The van der Waals surface area contributed by atoms with Gasteiger partial charge in [-0.3, -0.25) is 4.79 Å². The molecule has 0 heterocycles. The summed E-state index contributed by atoms with van der Waals surface area (Å²) < 4.78 is 6.24. The molecule has 0 unspecified atom stereocenters. The lowest BCUT2D eigenvalue weighted by atomic mass is 9.92. The Hall–Kier alpha value is -2.65. The molecule has 3 heteroatoms. The summed E-state index contributed by atoms with van der Waals surface area (Å²) in [4.78, 5) is 11.8. The van der Waals surface area contributed by atoms with Crippen LogP contribution < -0.4 is 4.74 Å². The van der Waals surface area contributed by atoms with Crippen molar-refractivity contribution < 1.29 is 9.53 Å². The lowest BCUT2D eigenvalue weighted by Crippen LogP contribution is -2.00. The zero-order valence-corrected chi connectivity index (χ0v) is 15.4. The van der Waals surface area contributed by atoms with Crippen LogP contribution in [0.1, 0.15) is 27.0 Å². The van der Waals surface area contributed by atoms with Gasteiger partial charge in [0.25, 0.3) is 0 Å². The molecule has 0 saturated heterocycles. The first-order valence-corrected chi connectivity index (χ1v) is 8.68. The van der Waals surface area contributed by atoms with Gasteiger partial charge in [-0.1, -0.05) is 76.6 Å². The molecule has 0 N–H and O–H groups in total. The van der Waals surface area contributed by atoms with Gasteiger partial charge >= 0.3 is 0 Å². The second kappa shape index (κ2) is 7.95. The van der Waals surface area contributed by atoms with E-state index in [0.29, 0.717) is 11.3 Å². The third kappa shape index (κ3) is 3.72. The average Bonchev–Trinajstić information content (AvgIpc) is 2.67. The van der Waals surface area contributed by atoms with Crippen molar-refractivity contribution in [1.82, 2.24) is 0 Å². The Morgan fingerprint density at radius 3 is 2.16 bits per heavy atom. The number of hydrogen-bond acceptors (Lipinski definition) is 2. The van der Waals surface area contributed by atoms with Gasteiger partial charge in [-0.2, -0.15) is 0 Å². The van der Waals surface area contributed by atoms with E-state index < -0.39 is 0 Å². The molecule has 25 heavy (non-hydrogen) atoms. The van der Waals surface area contributed by atoms with Crippen molar-refractivity contribution >= 4 is 33.9 Å². The van der Waals surface area contributed by atoms with Gasteiger partial charge in [0.15, 0.2) is 6.29 Å². The summed E-state index contributed by atoms with van der Waals surface area (Å²) in [6.07, 6.45) is 2.93. The molecule has 0 bridgehead atoms. The van der Waals surface area contributed by atoms with Gasteiger partial charge in [-0.05, 0) is 34.9 Å². The first-order chi connectivity index (χ1) is 12.2. The lowest BCUT2D eigenvalue weighted by molar-refractivity contribution is 0.112. The summed E-state index contributed by atoms with van der Waals surface area (Å²) in [5, 5.41) is 0. The first kappa shape index (κ1) is 17.2. The highest BCUT2D eigenvalue weighted by molar-refractivity contribution is 9.10. The Morgan fingerprint density at radius 1 is 0.920 bits per heavy atom. The topological polar surface area (TPSA) is 26.3 Å². The van der Waals surface area contributed by atoms with Crippen molar-refractivity contribution in [3.05, 3.63) is 99.5 Å². The van der Waals surface area contributed by atoms with E-state index in [1.165, 1.54) is 0 Å². The summed E-state index contributed by atoms with van der Waals surface area (Å²) in [5.74, 6) is 0.558. The molecular weight excluding hydrogens is 376 g/mol. The van der Waals surface area contributed by atoms with Crippen LogP contribution in [-0.2, 0) is 0 Å². The Morgan fingerprint density at radius 2 is 1.56 bits per heavy atom. The molecule has 0 spiro atoms. The number of carbonyl (C=O) groups excluding carboxylic acids is 1. The molecule has 0 aliphatic carbocycles. The van der Waals surface area contributed by atoms with Gasteiger partial charge < -0.3 is 4.74 Å². The quantitative estimate of drug-likeness (QED) is 0.401. The molecule has 0 radical (unpaired) electrons. The fraction of sp³-hybridized carbons (Fsp3) is 0.0455. The maximum Gasteiger partial charge on any atom is 0.154 e. The molecule has 3 rings (SSSR count). The second-order valence-electron chi connectivity index (χ2n) is 5.49. The third-order valence-corrected chi connectivity index (χ3v) is 4.62. The van der Waals surface area contributed by atoms with Crippen LogP contribution in [0.2, 0.25) is 0 Å². The van der Waals surface area contributed by atoms with Crippen LogP contribution in [0, 0.1) is 0 Å². The van der Waals surface area contributed by atoms with Gasteiger partial charge in [-0.15, -0.1) is 0 Å². The average molecular weight is 393 g/mol. The van der Waals surface area contributed by atoms with Crippen LogP contribution in [-0.4, -0.2) is 13.4 Å². The summed E-state index contributed by atoms with van der Waals surface area (Å²) in [6.45, 7) is 0. The Balaban J connectivity index is 2.30. The zero-order chi connectivity index (χ0) is 17.6. The van der Waals surface area contributed by atoms with E-state index >= 15 is 0 Å². The molecule has 0 atom stereocenters. The van der Waals surface area contributed by atoms with Crippen LogP contribution in [0.25, 0.3) is 11.6 Å². The summed E-state index contributed by atoms with van der Waals surface area (Å²) in [6, 6.07) is 23.8. The van der Waals surface area contributed by atoms with E-state index in [1.54, 1.807) is 13.2 Å². The van der Waals surface area contributed by atoms with Crippen molar-refractivity contribution in [2.45, 2.75) is 0 Å². The highest BCUT2D eigenvalue weighted by Gasteiger charge is 2.17. The van der Waals surface area contributed by atoms with Gasteiger partial charge in [0.1, 0.15) is 5.75 Å². The molecule has 0 aliphatic heterocycles. The van der Waals surface area contributed by atoms with Crippen LogP contribution in [0.15, 0.2) is 77.3 Å². The largest absolute Gasteiger partial charge is 0.496 e. The second-order valence-corrected chi connectivity index (χ2v) is 6.35. The van der Waals surface area contributed by atoms with E-state index in [-0.39, 0.29) is 0 Å². The minimum atomic E-state index is 0.530. The predicted molar refractivity (Wildman–Crippen MR) is 106 cm³/mol. The Bertz CT molecular complexity index is 900. The van der Waals surface area contributed by atoms with Crippen LogP contribution >= 0.6 is 15.9 Å². The molecule has 124 valence electrons. The molecule has 2 nitrogen and oxygen atoms in total. The Kier molecular flexibility index (Phi) is 5.46. The Labute approximate surface area is 155 Å². The number of aldehydes is 1. The highest BCUT2D eigenvalue weighted by atomic mass is 79.9. The monoisotopic (exact) mass is 392 g/mol. The van der Waals surface area contributed by atoms with Crippen LogP contribution in [0.5, 0.6) is 5.75 Å². The molecule has 0 amide bonds. The predicted octanol–water partition coefficient (Wildman–Crippen LogP) is 5.86. The maximum absolute atomic E-state index is 11.8. The minimum absolute atomic E-state index is 0.530. The molecule has 0 fully saturated rings. The summed E-state index contributed by atoms with van der Waals surface area (Å²) >= 11 is 3.61. The normalized spacial score (nSPS) is 11.2. The lowest BCUT2D eigenvalue weighted by Gasteiger charge is -2.16. The van der Waals surface area contributed by atoms with Crippen molar-refractivity contribution in [3.63, 3.8) is 0 Å². The van der Waals surface area contributed by atoms with E-state index in [0.717, 1.165) is 33.0 Å². The first-order valence-electron chi connectivity index (χ1n) is 7.89. The standard InChI is InChI=1S/C22H17BrO2/c1-25-21-13-12-20(23)22(19(21)15-24)18(17-10-6-3-7-11-17)14-16-8-4-2-5-9-16/h2-15H,1H3/b18-14+. The van der Waals surface area contributed by atoms with Gasteiger partial charge in [-0.25, -0.2) is 0 Å². The van der Waals surface area contributed by atoms with Crippen molar-refractivity contribution in [3.8, 4) is 5.75 Å². The van der Waals surface area contributed by atoms with E-state index in [2.05, 4.69) is 22.0 Å². The molecule has 0 aliphatic rings. The molecular formula is C22H17BrO2. The van der Waals surface area contributed by atoms with Crippen molar-refractivity contribution in [1.29, 1.82) is 0 Å². The van der Waals surface area contributed by atoms with Crippen LogP contribution in [0.4, 0.5) is 0 Å². The van der Waals surface area contributed by atoms with Crippen LogP contribution in [0.3, 0.4) is 0 Å². The summed E-state index contributed by atoms with van der Waals surface area (Å²) in [7, 11) is 1.57. The van der Waals surface area contributed by atoms with Gasteiger partial charge in [0.2, 0.25) is 0 Å². The SMILES string of the molecule is COc1ccc(Br)c(/C(=C/c2ccccc2)c2ccccc2)c1C=O. The van der Waals surface area contributed by atoms with Crippen molar-refractivity contribution in [2.24, 2.45) is 0 Å². The highest BCUT2D eigenvalue weighted by Crippen LogP contribution is 2.37. The number of hydrogen-bond donors (Lipinski definition) is 0. The number of halogens is 1. The van der Waals surface area contributed by atoms with Gasteiger partial charge in [0, 0.05) is 10.0 Å². The molecule has 0 aromatic heterocycles. The third-order valence-electron chi connectivity index (χ3n) is 3.96. The number of carbonyl (C=O) groups is 1. The fourth-order valence-electron chi connectivity index (χ4n) is 2.78. The molecule has 3 aromatic carbocycles. The number of methoxy groups -OCH3 is 1. The maximum atomic E-state index is 11.8. The fourth-order valence-corrected chi connectivity index (χ4v) is 3.34. The summed E-state index contributed by atoms with van der Waals surface area (Å²) in [5.41, 5.74) is 4.41. The van der Waals surface area contributed by atoms with Gasteiger partial charge in [0.05, 0.1) is 12.7 Å². The van der Waals surface area contributed by atoms with E-state index in [4.69, 9.17) is 4.74 Å². The van der Waals surface area contributed by atoms with E-state index in [1.807, 2.05) is 66.7 Å². The molecule has 0 saturated carbocycles. The zero-order valence-electron chi connectivity index (χ0n) is 13.8. The smallest absolute Gasteiger partial charge is 0.154 e. The number of benzene rings is 3. The molecule has 3 aromatic rings. The van der Waals surface area contributed by atoms with Crippen molar-refractivity contribution in [2.75, 3.05) is 7.11 Å². The van der Waals surface area contributed by atoms with E-state index in [9.17, 15) is 4.79 Å². The number of ether oxygens (including phenoxy) is 1. The minimum Gasteiger partial charge on any atom is -0.496 e. The number of rotatable bonds is 5.